The van der Waals surface area contributed by atoms with E-state index in [9.17, 15) is 0 Å². The lowest BCUT2D eigenvalue weighted by atomic mass is 9.75. The molecule has 0 radical (unpaired) electrons. The van der Waals surface area contributed by atoms with Gasteiger partial charge in [-0.3, -0.25) is 0 Å². The minimum Gasteiger partial charge on any atom is -0.330 e. The lowest BCUT2D eigenvalue weighted by Crippen LogP contribution is -2.52. The highest BCUT2D eigenvalue weighted by Crippen LogP contribution is 2.46. The summed E-state index contributed by atoms with van der Waals surface area (Å²) in [5, 5.41) is 0. The number of allylic oxidation sites excluding steroid dienone is 1. The Morgan fingerprint density at radius 1 is 0.870 bits per heavy atom. The van der Waals surface area contributed by atoms with E-state index in [2.05, 4.69) is 39.8 Å². The van der Waals surface area contributed by atoms with Gasteiger partial charge >= 0.3 is 0 Å². The van der Waals surface area contributed by atoms with E-state index >= 15 is 0 Å². The first-order valence-electron chi connectivity index (χ1n) is 9.30. The molecule has 0 bridgehead atoms. The molecule has 2 atom stereocenters. The van der Waals surface area contributed by atoms with Gasteiger partial charge in [0.2, 0.25) is 0 Å². The van der Waals surface area contributed by atoms with Crippen LogP contribution < -0.4 is 0 Å². The van der Waals surface area contributed by atoms with Crippen molar-refractivity contribution in [1.29, 1.82) is 0 Å². The summed E-state index contributed by atoms with van der Waals surface area (Å²) in [6.45, 7) is 8.88. The van der Waals surface area contributed by atoms with Crippen LogP contribution in [0.4, 0.5) is 0 Å². The molecule has 0 aliphatic heterocycles. The fraction of sp³-hybridized carbons (Fsp3) is 0.900. The van der Waals surface area contributed by atoms with Crippen LogP contribution >= 0.6 is 0 Å². The van der Waals surface area contributed by atoms with E-state index in [4.69, 9.17) is 14.2 Å². The maximum Gasteiger partial charge on any atom is 0.291 e. The van der Waals surface area contributed by atoms with Gasteiger partial charge in [0.05, 0.1) is 5.41 Å². The van der Waals surface area contributed by atoms with Gasteiger partial charge in [0.25, 0.3) is 5.97 Å². The Labute approximate surface area is 144 Å². The van der Waals surface area contributed by atoms with E-state index in [-0.39, 0.29) is 5.41 Å². The highest BCUT2D eigenvalue weighted by atomic mass is 16.9. The zero-order valence-corrected chi connectivity index (χ0v) is 16.6. The Bertz CT molecular complexity index is 302. The fourth-order valence-electron chi connectivity index (χ4n) is 3.90. The van der Waals surface area contributed by atoms with Crippen molar-refractivity contribution < 1.29 is 14.2 Å². The van der Waals surface area contributed by atoms with E-state index in [1.165, 1.54) is 25.7 Å². The summed E-state index contributed by atoms with van der Waals surface area (Å²) in [5.41, 5.74) is -0.247. The minimum atomic E-state index is -1.01. The molecule has 0 fully saturated rings. The maximum atomic E-state index is 5.73. The van der Waals surface area contributed by atoms with Crippen LogP contribution in [0.25, 0.3) is 0 Å². The van der Waals surface area contributed by atoms with Crippen LogP contribution in [-0.4, -0.2) is 27.3 Å². The normalized spacial score (nSPS) is 16.7. The number of hydrogen-bond donors (Lipinski definition) is 0. The summed E-state index contributed by atoms with van der Waals surface area (Å²) in [4.78, 5) is 0. The molecule has 0 N–H and O–H groups in total. The monoisotopic (exact) mass is 328 g/mol. The van der Waals surface area contributed by atoms with Crippen LogP contribution in [0, 0.1) is 11.3 Å². The standard InChI is InChI=1S/C20H40O3/c1-8-13-18(4)14-11-12-17-19(15-9-2,16-10-3)20(21-5,22-6)23-7/h9,15,18H,8,10-14,16-17H2,1-7H3. The SMILES string of the molecule is CC=CC(CCC)(CCCCC(C)CCC)C(OC)(OC)OC. The van der Waals surface area contributed by atoms with Crippen molar-refractivity contribution >= 4 is 0 Å². The van der Waals surface area contributed by atoms with Gasteiger partial charge in [-0.25, -0.2) is 0 Å². The average Bonchev–Trinajstić information content (AvgIpc) is 2.54. The highest BCUT2D eigenvalue weighted by Gasteiger charge is 2.51. The van der Waals surface area contributed by atoms with Gasteiger partial charge in [0.1, 0.15) is 0 Å². The smallest absolute Gasteiger partial charge is 0.291 e. The van der Waals surface area contributed by atoms with Crippen LogP contribution in [-0.2, 0) is 14.2 Å². The summed E-state index contributed by atoms with van der Waals surface area (Å²) in [7, 11) is 5.01. The summed E-state index contributed by atoms with van der Waals surface area (Å²) < 4.78 is 17.2. The Balaban J connectivity index is 5.06. The first-order chi connectivity index (χ1) is 11.0. The number of hydrogen-bond acceptors (Lipinski definition) is 3. The topological polar surface area (TPSA) is 27.7 Å². The lowest BCUT2D eigenvalue weighted by Gasteiger charge is -2.45. The Morgan fingerprint density at radius 3 is 1.91 bits per heavy atom. The second-order valence-electron chi connectivity index (χ2n) is 6.71. The summed E-state index contributed by atoms with van der Waals surface area (Å²) >= 11 is 0. The van der Waals surface area contributed by atoms with Gasteiger partial charge in [0, 0.05) is 21.3 Å². The molecule has 3 heteroatoms. The van der Waals surface area contributed by atoms with Gasteiger partial charge in [-0.15, -0.1) is 0 Å². The van der Waals surface area contributed by atoms with Crippen molar-refractivity contribution in [3.05, 3.63) is 12.2 Å². The minimum absolute atomic E-state index is 0.247. The number of unbranched alkanes of at least 4 members (excludes halogenated alkanes) is 1. The molecule has 2 unspecified atom stereocenters. The van der Waals surface area contributed by atoms with Gasteiger partial charge in [-0.05, 0) is 25.7 Å². The molecule has 0 aromatic heterocycles. The molecule has 0 aromatic carbocycles. The molecule has 23 heavy (non-hydrogen) atoms. The highest BCUT2D eigenvalue weighted by molar-refractivity contribution is 5.04. The van der Waals surface area contributed by atoms with E-state index < -0.39 is 5.97 Å². The fourth-order valence-corrected chi connectivity index (χ4v) is 3.90. The van der Waals surface area contributed by atoms with Crippen LogP contribution in [0.1, 0.15) is 79.1 Å². The molecule has 0 heterocycles. The van der Waals surface area contributed by atoms with Crippen molar-refractivity contribution in [3.63, 3.8) is 0 Å². The zero-order chi connectivity index (χ0) is 17.8. The van der Waals surface area contributed by atoms with Crippen LogP contribution in [0.15, 0.2) is 12.2 Å². The number of methoxy groups -OCH3 is 3. The van der Waals surface area contributed by atoms with Gasteiger partial charge in [0.15, 0.2) is 0 Å². The largest absolute Gasteiger partial charge is 0.330 e. The molecule has 0 amide bonds. The van der Waals surface area contributed by atoms with Gasteiger partial charge < -0.3 is 14.2 Å². The van der Waals surface area contributed by atoms with Crippen LogP contribution in [0.3, 0.4) is 0 Å². The first kappa shape index (κ1) is 22.6. The van der Waals surface area contributed by atoms with Crippen molar-refractivity contribution in [2.45, 2.75) is 85.0 Å². The third kappa shape index (κ3) is 6.21. The van der Waals surface area contributed by atoms with Gasteiger partial charge in [-0.2, -0.15) is 0 Å². The quantitative estimate of drug-likeness (QED) is 0.224. The van der Waals surface area contributed by atoms with Crippen LogP contribution in [0.2, 0.25) is 0 Å². The van der Waals surface area contributed by atoms with E-state index in [1.807, 2.05) is 0 Å². The second-order valence-corrected chi connectivity index (χ2v) is 6.71. The molecular formula is C20H40O3. The molecule has 0 rings (SSSR count). The summed E-state index contributed by atoms with van der Waals surface area (Å²) in [6, 6.07) is 0. The molecule has 0 saturated carbocycles. The van der Waals surface area contributed by atoms with E-state index in [1.54, 1.807) is 21.3 Å². The molecule has 0 aliphatic rings. The second kappa shape index (κ2) is 12.0. The summed E-state index contributed by atoms with van der Waals surface area (Å²) in [6.07, 6.45) is 13.7. The Hall–Kier alpha value is -0.380. The number of ether oxygens (including phenoxy) is 3. The molecule has 0 saturated heterocycles. The average molecular weight is 329 g/mol. The molecule has 3 nitrogen and oxygen atoms in total. The molecule has 0 aromatic rings. The molecular weight excluding hydrogens is 288 g/mol. The lowest BCUT2D eigenvalue weighted by molar-refractivity contribution is -0.399. The van der Waals surface area contributed by atoms with Crippen molar-refractivity contribution in [2.75, 3.05) is 21.3 Å². The van der Waals surface area contributed by atoms with Gasteiger partial charge in [-0.1, -0.05) is 71.4 Å². The molecule has 0 spiro atoms. The molecule has 0 aliphatic carbocycles. The third-order valence-electron chi connectivity index (χ3n) is 4.95. The van der Waals surface area contributed by atoms with Crippen molar-refractivity contribution in [2.24, 2.45) is 11.3 Å². The summed E-state index contributed by atoms with van der Waals surface area (Å²) in [5.74, 6) is -0.191. The predicted octanol–water partition coefficient (Wildman–Crippen LogP) is 5.94. The predicted molar refractivity (Wildman–Crippen MR) is 98.5 cm³/mol. The Kier molecular flexibility index (Phi) is 11.9. The van der Waals surface area contributed by atoms with E-state index in [0.29, 0.717) is 0 Å². The van der Waals surface area contributed by atoms with Crippen molar-refractivity contribution in [1.82, 2.24) is 0 Å². The molecule has 138 valence electrons. The van der Waals surface area contributed by atoms with Crippen LogP contribution in [0.5, 0.6) is 0 Å². The first-order valence-corrected chi connectivity index (χ1v) is 9.30. The maximum absolute atomic E-state index is 5.73. The Morgan fingerprint density at radius 2 is 1.48 bits per heavy atom. The number of rotatable bonds is 14. The third-order valence-corrected chi connectivity index (χ3v) is 4.95. The van der Waals surface area contributed by atoms with Crippen molar-refractivity contribution in [3.8, 4) is 0 Å². The zero-order valence-electron chi connectivity index (χ0n) is 16.6. The van der Waals surface area contributed by atoms with E-state index in [0.717, 1.165) is 31.6 Å².